The molecule has 1 unspecified atom stereocenters. The topological polar surface area (TPSA) is 66.4 Å². The van der Waals surface area contributed by atoms with Crippen molar-refractivity contribution in [2.75, 3.05) is 13.7 Å². The summed E-state index contributed by atoms with van der Waals surface area (Å²) in [6.45, 7) is 4.28. The molecule has 0 aliphatic rings. The summed E-state index contributed by atoms with van der Waals surface area (Å²) >= 11 is 0. The number of rotatable bonds is 6. The molecule has 2 N–H and O–H groups in total. The summed E-state index contributed by atoms with van der Waals surface area (Å²) in [5.41, 5.74) is 1.76. The second-order valence-corrected chi connectivity index (χ2v) is 3.76. The monoisotopic (exact) mass is 251 g/mol. The summed E-state index contributed by atoms with van der Waals surface area (Å²) < 4.78 is 0. The molecule has 0 spiro atoms. The van der Waals surface area contributed by atoms with Crippen LogP contribution in [0.1, 0.15) is 29.8 Å². The summed E-state index contributed by atoms with van der Waals surface area (Å²) in [6, 6.07) is 7.24. The molecule has 1 rings (SSSR count). The third-order valence-corrected chi connectivity index (χ3v) is 2.45. The van der Waals surface area contributed by atoms with E-state index in [4.69, 9.17) is 5.11 Å². The highest BCUT2D eigenvalue weighted by molar-refractivity contribution is 5.94. The van der Waals surface area contributed by atoms with Crippen LogP contribution >= 0.6 is 0 Å². The highest BCUT2D eigenvalue weighted by Crippen LogP contribution is 2.07. The van der Waals surface area contributed by atoms with Crippen molar-refractivity contribution in [3.05, 3.63) is 35.4 Å². The Morgan fingerprint density at radius 3 is 2.28 bits per heavy atom. The van der Waals surface area contributed by atoms with Crippen LogP contribution in [0.25, 0.3) is 0 Å². The van der Waals surface area contributed by atoms with Gasteiger partial charge in [0.25, 0.3) is 0 Å². The van der Waals surface area contributed by atoms with Gasteiger partial charge in [0.15, 0.2) is 5.78 Å². The number of nitrogens with one attached hydrogen (secondary N) is 1. The van der Waals surface area contributed by atoms with Crippen molar-refractivity contribution >= 4 is 12.1 Å². The third-order valence-electron chi connectivity index (χ3n) is 2.45. The zero-order chi connectivity index (χ0) is 14.0. The minimum absolute atomic E-state index is 0.0603. The number of aliphatic hydroxyl groups is 1. The molecule has 4 nitrogen and oxygen atoms in total. The van der Waals surface area contributed by atoms with Gasteiger partial charge in [-0.1, -0.05) is 31.2 Å². The molecule has 0 amide bonds. The molecule has 0 aliphatic carbocycles. The van der Waals surface area contributed by atoms with Crippen molar-refractivity contribution < 1.29 is 14.7 Å². The van der Waals surface area contributed by atoms with Crippen LogP contribution in [-0.2, 0) is 11.2 Å². The molecule has 18 heavy (non-hydrogen) atoms. The number of carbonyl (C=O) groups is 2. The van der Waals surface area contributed by atoms with E-state index in [0.29, 0.717) is 12.0 Å². The quantitative estimate of drug-likeness (QED) is 0.589. The van der Waals surface area contributed by atoms with Gasteiger partial charge in [0.2, 0.25) is 0 Å². The van der Waals surface area contributed by atoms with Gasteiger partial charge < -0.3 is 15.2 Å². The average molecular weight is 251 g/mol. The molecular formula is C14H21NO3. The Morgan fingerprint density at radius 1 is 1.33 bits per heavy atom. The maximum atomic E-state index is 11.1. The SMILES string of the molecule is CCNC(C=O)Cc1ccc(C(C)=O)cc1.CO. The second kappa shape index (κ2) is 9.50. The van der Waals surface area contributed by atoms with Gasteiger partial charge in [-0.05, 0) is 25.5 Å². The van der Waals surface area contributed by atoms with E-state index in [0.717, 1.165) is 25.5 Å². The Bertz CT molecular complexity index is 360. The van der Waals surface area contributed by atoms with Crippen LogP contribution in [0.3, 0.4) is 0 Å². The molecule has 0 fully saturated rings. The lowest BCUT2D eigenvalue weighted by atomic mass is 10.0. The van der Waals surface area contributed by atoms with Crippen LogP contribution < -0.4 is 5.32 Å². The second-order valence-electron chi connectivity index (χ2n) is 3.76. The van der Waals surface area contributed by atoms with Gasteiger partial charge in [0, 0.05) is 12.7 Å². The van der Waals surface area contributed by atoms with Gasteiger partial charge in [0.1, 0.15) is 6.29 Å². The van der Waals surface area contributed by atoms with Gasteiger partial charge in [0.05, 0.1) is 6.04 Å². The largest absolute Gasteiger partial charge is 0.400 e. The van der Waals surface area contributed by atoms with E-state index < -0.39 is 0 Å². The van der Waals surface area contributed by atoms with Crippen molar-refractivity contribution in [2.24, 2.45) is 0 Å². The van der Waals surface area contributed by atoms with Gasteiger partial charge in [-0.2, -0.15) is 0 Å². The number of Topliss-reactive ketones (excluding diaryl/α,β-unsaturated/α-hetero) is 1. The van der Waals surface area contributed by atoms with Crippen LogP contribution in [0, 0.1) is 0 Å². The van der Waals surface area contributed by atoms with E-state index in [1.165, 1.54) is 0 Å². The summed E-state index contributed by atoms with van der Waals surface area (Å²) in [6.07, 6.45) is 1.58. The van der Waals surface area contributed by atoms with Gasteiger partial charge in [-0.25, -0.2) is 0 Å². The van der Waals surface area contributed by atoms with Gasteiger partial charge >= 0.3 is 0 Å². The van der Waals surface area contributed by atoms with Gasteiger partial charge in [-0.15, -0.1) is 0 Å². The smallest absolute Gasteiger partial charge is 0.159 e. The molecule has 0 radical (unpaired) electrons. The Hall–Kier alpha value is -1.52. The predicted molar refractivity (Wildman–Crippen MR) is 71.8 cm³/mol. The number of aldehydes is 1. The van der Waals surface area contributed by atoms with E-state index in [9.17, 15) is 9.59 Å². The lowest BCUT2D eigenvalue weighted by Crippen LogP contribution is -2.32. The number of aliphatic hydroxyl groups excluding tert-OH is 1. The fraction of sp³-hybridized carbons (Fsp3) is 0.429. The normalized spacial score (nSPS) is 11.1. The first kappa shape index (κ1) is 16.5. The molecule has 0 saturated heterocycles. The van der Waals surface area contributed by atoms with Crippen molar-refractivity contribution in [1.82, 2.24) is 5.32 Å². The summed E-state index contributed by atoms with van der Waals surface area (Å²) in [7, 11) is 1.00. The predicted octanol–water partition coefficient (Wildman–Crippen LogP) is 1.22. The minimum Gasteiger partial charge on any atom is -0.400 e. The number of hydrogen-bond donors (Lipinski definition) is 2. The summed E-state index contributed by atoms with van der Waals surface area (Å²) in [5, 5.41) is 10.1. The van der Waals surface area contributed by atoms with E-state index in [1.807, 2.05) is 19.1 Å². The summed E-state index contributed by atoms with van der Waals surface area (Å²) in [4.78, 5) is 21.8. The maximum absolute atomic E-state index is 11.1. The molecule has 0 bridgehead atoms. The minimum atomic E-state index is -0.145. The maximum Gasteiger partial charge on any atom is 0.159 e. The lowest BCUT2D eigenvalue weighted by Gasteiger charge is -2.10. The van der Waals surface area contributed by atoms with Crippen LogP contribution in [0.15, 0.2) is 24.3 Å². The first-order valence-corrected chi connectivity index (χ1v) is 5.90. The standard InChI is InChI=1S/C13H17NO2.CH4O/c1-3-14-13(9-15)8-11-4-6-12(7-5-11)10(2)16;1-2/h4-7,9,13-14H,3,8H2,1-2H3;2H,1H3. The van der Waals surface area contributed by atoms with Crippen LogP contribution in [0.2, 0.25) is 0 Å². The Morgan fingerprint density at radius 2 is 1.89 bits per heavy atom. The number of ketones is 1. The Balaban J connectivity index is 0.00000137. The van der Waals surface area contributed by atoms with Gasteiger partial charge in [-0.3, -0.25) is 4.79 Å². The zero-order valence-corrected chi connectivity index (χ0v) is 11.1. The van der Waals surface area contributed by atoms with Crippen molar-refractivity contribution in [3.63, 3.8) is 0 Å². The molecule has 4 heteroatoms. The first-order valence-electron chi connectivity index (χ1n) is 5.90. The Labute approximate surface area is 108 Å². The fourth-order valence-corrected chi connectivity index (χ4v) is 1.56. The van der Waals surface area contributed by atoms with E-state index in [1.54, 1.807) is 19.1 Å². The first-order chi connectivity index (χ1) is 8.67. The van der Waals surface area contributed by atoms with Crippen molar-refractivity contribution in [3.8, 4) is 0 Å². The zero-order valence-electron chi connectivity index (χ0n) is 11.1. The summed E-state index contributed by atoms with van der Waals surface area (Å²) in [5.74, 6) is 0.0603. The number of hydrogen-bond acceptors (Lipinski definition) is 4. The molecule has 0 aliphatic heterocycles. The molecule has 100 valence electrons. The molecular weight excluding hydrogens is 230 g/mol. The number of likely N-dealkylation sites (N-methyl/N-ethyl adjacent to an activating group) is 1. The highest BCUT2D eigenvalue weighted by atomic mass is 16.2. The number of carbonyl (C=O) groups excluding carboxylic acids is 2. The fourth-order valence-electron chi connectivity index (χ4n) is 1.56. The van der Waals surface area contributed by atoms with Crippen LogP contribution in [0.4, 0.5) is 0 Å². The number of benzene rings is 1. The molecule has 1 aromatic rings. The lowest BCUT2D eigenvalue weighted by molar-refractivity contribution is -0.109. The Kier molecular flexibility index (Phi) is 8.70. The van der Waals surface area contributed by atoms with Crippen LogP contribution in [0.5, 0.6) is 0 Å². The molecule has 1 aromatic carbocycles. The van der Waals surface area contributed by atoms with Crippen molar-refractivity contribution in [2.45, 2.75) is 26.3 Å². The van der Waals surface area contributed by atoms with Crippen molar-refractivity contribution in [1.29, 1.82) is 0 Å². The molecule has 1 atom stereocenters. The van der Waals surface area contributed by atoms with E-state index in [-0.39, 0.29) is 11.8 Å². The third kappa shape index (κ3) is 5.70. The van der Waals surface area contributed by atoms with E-state index in [2.05, 4.69) is 5.32 Å². The average Bonchev–Trinajstić information content (AvgIpc) is 2.41. The van der Waals surface area contributed by atoms with E-state index >= 15 is 0 Å². The highest BCUT2D eigenvalue weighted by Gasteiger charge is 2.06. The molecule has 0 saturated carbocycles. The molecule has 0 aromatic heterocycles. The molecule has 0 heterocycles. The van der Waals surface area contributed by atoms with Crippen LogP contribution in [-0.4, -0.2) is 36.9 Å².